The van der Waals surface area contributed by atoms with Gasteiger partial charge in [0.1, 0.15) is 0 Å². The van der Waals surface area contributed by atoms with E-state index in [0.717, 1.165) is 18.8 Å². The largest absolute Gasteiger partial charge is 0.378 e. The van der Waals surface area contributed by atoms with Crippen molar-refractivity contribution in [3.63, 3.8) is 0 Å². The van der Waals surface area contributed by atoms with Crippen molar-refractivity contribution >= 4 is 16.5 Å². The van der Waals surface area contributed by atoms with Crippen molar-refractivity contribution in [3.8, 4) is 0 Å². The number of hydrogen-bond donors (Lipinski definition) is 1. The molecule has 4 heteroatoms. The van der Waals surface area contributed by atoms with Crippen LogP contribution in [0, 0.1) is 0 Å². The van der Waals surface area contributed by atoms with Crippen LogP contribution in [0.15, 0.2) is 49.1 Å². The third-order valence-electron chi connectivity index (χ3n) is 3.16. The summed E-state index contributed by atoms with van der Waals surface area (Å²) in [6.07, 6.45) is 7.59. The molecule has 0 bridgehead atoms. The van der Waals surface area contributed by atoms with Crippen molar-refractivity contribution in [1.82, 2.24) is 14.8 Å². The van der Waals surface area contributed by atoms with Gasteiger partial charge in [-0.05, 0) is 30.0 Å². The zero-order chi connectivity index (χ0) is 13.1. The number of aromatic nitrogens is 3. The molecule has 0 atom stereocenters. The van der Waals surface area contributed by atoms with Gasteiger partial charge in [0.25, 0.3) is 0 Å². The minimum Gasteiger partial charge on any atom is -0.378 e. The molecular weight excluding hydrogens is 236 g/mol. The fourth-order valence-electron chi connectivity index (χ4n) is 2.07. The Morgan fingerprint density at radius 1 is 1.16 bits per heavy atom. The predicted octanol–water partition coefficient (Wildman–Crippen LogP) is 3.06. The predicted molar refractivity (Wildman–Crippen MR) is 77.0 cm³/mol. The van der Waals surface area contributed by atoms with Gasteiger partial charge in [-0.1, -0.05) is 12.1 Å². The second-order valence-electron chi connectivity index (χ2n) is 4.50. The molecule has 3 aromatic rings. The molecule has 4 nitrogen and oxygen atoms in total. The molecule has 0 aliphatic carbocycles. The fraction of sp³-hybridized carbons (Fsp3) is 0.200. The summed E-state index contributed by atoms with van der Waals surface area (Å²) < 4.78 is 1.91. The Bertz CT molecular complexity index is 687. The van der Waals surface area contributed by atoms with Crippen LogP contribution in [0.1, 0.15) is 12.5 Å². The molecule has 0 aliphatic heterocycles. The Balaban J connectivity index is 1.74. The average Bonchev–Trinajstić information content (AvgIpc) is 2.93. The van der Waals surface area contributed by atoms with E-state index in [2.05, 4.69) is 40.5 Å². The Morgan fingerprint density at radius 3 is 2.95 bits per heavy atom. The SMILES string of the molecule is CCn1cc(NCc2ccc3cnccc3c2)cn1. The van der Waals surface area contributed by atoms with Crippen LogP contribution in [0.3, 0.4) is 0 Å². The number of hydrogen-bond acceptors (Lipinski definition) is 3. The summed E-state index contributed by atoms with van der Waals surface area (Å²) in [7, 11) is 0. The van der Waals surface area contributed by atoms with Crippen LogP contribution in [0.25, 0.3) is 10.8 Å². The Kier molecular flexibility index (Phi) is 3.14. The number of benzene rings is 1. The van der Waals surface area contributed by atoms with Crippen LogP contribution >= 0.6 is 0 Å². The highest BCUT2D eigenvalue weighted by atomic mass is 15.3. The van der Waals surface area contributed by atoms with Crippen LogP contribution in [0.5, 0.6) is 0 Å². The second-order valence-corrected chi connectivity index (χ2v) is 4.50. The lowest BCUT2D eigenvalue weighted by molar-refractivity contribution is 0.660. The zero-order valence-corrected chi connectivity index (χ0v) is 10.9. The quantitative estimate of drug-likeness (QED) is 0.776. The third kappa shape index (κ3) is 2.57. The van der Waals surface area contributed by atoms with Gasteiger partial charge in [-0.2, -0.15) is 5.10 Å². The van der Waals surface area contributed by atoms with E-state index in [9.17, 15) is 0 Å². The summed E-state index contributed by atoms with van der Waals surface area (Å²) >= 11 is 0. The van der Waals surface area contributed by atoms with E-state index in [1.807, 2.05) is 35.5 Å². The normalized spacial score (nSPS) is 10.8. The summed E-state index contributed by atoms with van der Waals surface area (Å²) in [4.78, 5) is 4.12. The number of aryl methyl sites for hydroxylation is 1. The van der Waals surface area contributed by atoms with Gasteiger partial charge in [-0.15, -0.1) is 0 Å². The smallest absolute Gasteiger partial charge is 0.0729 e. The molecule has 0 saturated carbocycles. The minimum atomic E-state index is 0.799. The highest BCUT2D eigenvalue weighted by Gasteiger charge is 1.99. The molecule has 0 unspecified atom stereocenters. The standard InChI is InChI=1S/C15H16N4/c1-2-19-11-15(10-18-19)17-8-12-3-4-14-9-16-6-5-13(14)7-12/h3-7,9-11,17H,2,8H2,1H3. The molecule has 0 saturated heterocycles. The first-order valence-electron chi connectivity index (χ1n) is 6.44. The maximum atomic E-state index is 4.24. The second kappa shape index (κ2) is 5.10. The van der Waals surface area contributed by atoms with Gasteiger partial charge in [0, 0.05) is 37.1 Å². The number of anilines is 1. The lowest BCUT2D eigenvalue weighted by Gasteiger charge is -2.05. The molecule has 0 radical (unpaired) electrons. The van der Waals surface area contributed by atoms with E-state index >= 15 is 0 Å². The maximum absolute atomic E-state index is 4.24. The Morgan fingerprint density at radius 2 is 2.11 bits per heavy atom. The lowest BCUT2D eigenvalue weighted by Crippen LogP contribution is -1.98. The Hall–Kier alpha value is -2.36. The number of nitrogens with one attached hydrogen (secondary N) is 1. The first-order chi connectivity index (χ1) is 9.35. The molecule has 3 rings (SSSR count). The number of rotatable bonds is 4. The molecule has 19 heavy (non-hydrogen) atoms. The highest BCUT2D eigenvalue weighted by molar-refractivity contribution is 5.82. The number of pyridine rings is 1. The van der Waals surface area contributed by atoms with Crippen LogP contribution in [0.4, 0.5) is 5.69 Å². The van der Waals surface area contributed by atoms with Crippen LogP contribution in [0.2, 0.25) is 0 Å². The average molecular weight is 252 g/mol. The minimum absolute atomic E-state index is 0.799. The fourth-order valence-corrected chi connectivity index (χ4v) is 2.07. The van der Waals surface area contributed by atoms with Crippen molar-refractivity contribution < 1.29 is 0 Å². The first kappa shape index (κ1) is 11.7. The van der Waals surface area contributed by atoms with E-state index in [4.69, 9.17) is 0 Å². The van der Waals surface area contributed by atoms with Gasteiger partial charge in [0.05, 0.1) is 11.9 Å². The summed E-state index contributed by atoms with van der Waals surface area (Å²) in [5, 5.41) is 10.0. The number of nitrogens with zero attached hydrogens (tertiary/aromatic N) is 3. The number of fused-ring (bicyclic) bond motifs is 1. The molecule has 1 N–H and O–H groups in total. The molecular formula is C15H16N4. The van der Waals surface area contributed by atoms with Crippen molar-refractivity contribution in [3.05, 3.63) is 54.6 Å². The van der Waals surface area contributed by atoms with Gasteiger partial charge in [-0.3, -0.25) is 9.67 Å². The summed E-state index contributed by atoms with van der Waals surface area (Å²) in [5.41, 5.74) is 2.31. The Labute approximate surface area is 112 Å². The van der Waals surface area contributed by atoms with Gasteiger partial charge >= 0.3 is 0 Å². The van der Waals surface area contributed by atoms with Crippen LogP contribution in [-0.4, -0.2) is 14.8 Å². The lowest BCUT2D eigenvalue weighted by atomic mass is 10.1. The zero-order valence-electron chi connectivity index (χ0n) is 10.9. The molecule has 2 heterocycles. The summed E-state index contributed by atoms with van der Waals surface area (Å²) in [5.74, 6) is 0. The van der Waals surface area contributed by atoms with Gasteiger partial charge in [0.2, 0.25) is 0 Å². The van der Waals surface area contributed by atoms with E-state index < -0.39 is 0 Å². The van der Waals surface area contributed by atoms with E-state index in [1.165, 1.54) is 16.3 Å². The van der Waals surface area contributed by atoms with Crippen molar-refractivity contribution in [2.75, 3.05) is 5.32 Å². The van der Waals surface area contributed by atoms with Crippen molar-refractivity contribution in [2.24, 2.45) is 0 Å². The van der Waals surface area contributed by atoms with Crippen LogP contribution < -0.4 is 5.32 Å². The molecule has 1 aromatic carbocycles. The molecule has 2 aromatic heterocycles. The van der Waals surface area contributed by atoms with E-state index in [1.54, 1.807) is 0 Å². The van der Waals surface area contributed by atoms with Crippen molar-refractivity contribution in [2.45, 2.75) is 20.0 Å². The van der Waals surface area contributed by atoms with Crippen molar-refractivity contribution in [1.29, 1.82) is 0 Å². The molecule has 0 aliphatic rings. The van der Waals surface area contributed by atoms with E-state index in [0.29, 0.717) is 0 Å². The van der Waals surface area contributed by atoms with E-state index in [-0.39, 0.29) is 0 Å². The van der Waals surface area contributed by atoms with Crippen LogP contribution in [-0.2, 0) is 13.1 Å². The first-order valence-corrected chi connectivity index (χ1v) is 6.44. The monoisotopic (exact) mass is 252 g/mol. The molecule has 96 valence electrons. The van der Waals surface area contributed by atoms with Gasteiger partial charge in [0.15, 0.2) is 0 Å². The molecule has 0 amide bonds. The molecule has 0 fully saturated rings. The summed E-state index contributed by atoms with van der Waals surface area (Å²) in [6, 6.07) is 8.46. The van der Waals surface area contributed by atoms with Gasteiger partial charge in [-0.25, -0.2) is 0 Å². The molecule has 0 spiro atoms. The topological polar surface area (TPSA) is 42.7 Å². The maximum Gasteiger partial charge on any atom is 0.0729 e. The summed E-state index contributed by atoms with van der Waals surface area (Å²) in [6.45, 7) is 3.77. The third-order valence-corrected chi connectivity index (χ3v) is 3.16. The highest BCUT2D eigenvalue weighted by Crippen LogP contribution is 2.15. The van der Waals surface area contributed by atoms with Gasteiger partial charge < -0.3 is 5.32 Å².